The van der Waals surface area contributed by atoms with Gasteiger partial charge in [-0.15, -0.1) is 11.3 Å². The third kappa shape index (κ3) is 4.70. The van der Waals surface area contributed by atoms with E-state index in [0.717, 1.165) is 44.1 Å². The summed E-state index contributed by atoms with van der Waals surface area (Å²) >= 11 is 1.55. The highest BCUT2D eigenvalue weighted by Crippen LogP contribution is 2.39. The van der Waals surface area contributed by atoms with Gasteiger partial charge in [0, 0.05) is 10.4 Å². The number of anilines is 1. The number of fused-ring (bicyclic) bond motifs is 1. The standard InChI is InChI=1S/C22H26N2O2S/c1-3-4-5-11-26-17-8-6-7-16(13-17)21(25)24-22-19(14-23)18-10-9-15(2)12-20(18)27-22/h6-8,13,15H,3-5,9-12H2,1-2H3,(H,24,25)/t15-/m1/s1. The number of nitrogens with one attached hydrogen (secondary N) is 1. The van der Waals surface area contributed by atoms with Gasteiger partial charge in [0.15, 0.2) is 0 Å². The first-order chi connectivity index (χ1) is 13.1. The van der Waals surface area contributed by atoms with Crippen molar-refractivity contribution in [3.63, 3.8) is 0 Å². The van der Waals surface area contributed by atoms with Crippen LogP contribution in [-0.2, 0) is 12.8 Å². The Kier molecular flexibility index (Phi) is 6.52. The van der Waals surface area contributed by atoms with Gasteiger partial charge < -0.3 is 10.1 Å². The van der Waals surface area contributed by atoms with Crippen LogP contribution < -0.4 is 10.1 Å². The molecule has 0 unspecified atom stereocenters. The van der Waals surface area contributed by atoms with Crippen LogP contribution in [0.1, 0.15) is 65.9 Å². The third-order valence-electron chi connectivity index (χ3n) is 4.96. The number of benzene rings is 1. The Hall–Kier alpha value is -2.32. The number of rotatable bonds is 7. The molecule has 1 aromatic carbocycles. The number of thiophene rings is 1. The molecule has 0 saturated carbocycles. The fraction of sp³-hybridized carbons (Fsp3) is 0.455. The number of carbonyl (C=O) groups is 1. The molecule has 1 aliphatic rings. The highest BCUT2D eigenvalue weighted by atomic mass is 32.1. The Bertz CT molecular complexity index is 850. The smallest absolute Gasteiger partial charge is 0.256 e. The summed E-state index contributed by atoms with van der Waals surface area (Å²) in [7, 11) is 0. The highest BCUT2D eigenvalue weighted by Gasteiger charge is 2.24. The van der Waals surface area contributed by atoms with Crippen molar-refractivity contribution in [3.8, 4) is 11.8 Å². The summed E-state index contributed by atoms with van der Waals surface area (Å²) in [4.78, 5) is 14.0. The van der Waals surface area contributed by atoms with Gasteiger partial charge in [-0.2, -0.15) is 5.26 Å². The molecule has 5 heteroatoms. The number of amides is 1. The van der Waals surface area contributed by atoms with E-state index in [4.69, 9.17) is 4.74 Å². The number of carbonyl (C=O) groups excluding carboxylic acids is 1. The van der Waals surface area contributed by atoms with Crippen LogP contribution in [0.3, 0.4) is 0 Å². The maximum absolute atomic E-state index is 12.7. The van der Waals surface area contributed by atoms with Crippen molar-refractivity contribution in [2.75, 3.05) is 11.9 Å². The van der Waals surface area contributed by atoms with Gasteiger partial charge in [0.2, 0.25) is 0 Å². The lowest BCUT2D eigenvalue weighted by Crippen LogP contribution is -2.12. The van der Waals surface area contributed by atoms with Gasteiger partial charge in [0.25, 0.3) is 5.91 Å². The lowest BCUT2D eigenvalue weighted by Gasteiger charge is -2.17. The van der Waals surface area contributed by atoms with Gasteiger partial charge in [0.05, 0.1) is 12.2 Å². The molecule has 142 valence electrons. The molecular weight excluding hydrogens is 356 g/mol. The summed E-state index contributed by atoms with van der Waals surface area (Å²) < 4.78 is 5.74. The molecule has 0 radical (unpaired) electrons. The van der Waals surface area contributed by atoms with E-state index in [1.807, 2.05) is 12.1 Å². The largest absolute Gasteiger partial charge is 0.494 e. The Morgan fingerprint density at radius 1 is 1.41 bits per heavy atom. The average molecular weight is 383 g/mol. The van der Waals surface area contributed by atoms with E-state index < -0.39 is 0 Å². The predicted molar refractivity (Wildman–Crippen MR) is 110 cm³/mol. The van der Waals surface area contributed by atoms with Gasteiger partial charge in [0.1, 0.15) is 16.8 Å². The number of unbranched alkanes of at least 4 members (excludes halogenated alkanes) is 2. The van der Waals surface area contributed by atoms with Crippen LogP contribution >= 0.6 is 11.3 Å². The van der Waals surface area contributed by atoms with Gasteiger partial charge in [-0.25, -0.2) is 0 Å². The minimum absolute atomic E-state index is 0.197. The molecule has 0 aliphatic heterocycles. The van der Waals surface area contributed by atoms with Gasteiger partial charge in [-0.05, 0) is 55.4 Å². The van der Waals surface area contributed by atoms with Gasteiger partial charge in [-0.1, -0.05) is 32.8 Å². The summed E-state index contributed by atoms with van der Waals surface area (Å²) in [5.41, 5.74) is 2.32. The van der Waals surface area contributed by atoms with E-state index in [1.54, 1.807) is 23.5 Å². The van der Waals surface area contributed by atoms with Crippen LogP contribution in [0.5, 0.6) is 5.75 Å². The zero-order valence-electron chi connectivity index (χ0n) is 16.0. The van der Waals surface area contributed by atoms with Crippen molar-refractivity contribution in [2.45, 2.75) is 52.4 Å². The fourth-order valence-corrected chi connectivity index (χ4v) is 4.76. The molecule has 1 amide bonds. The Balaban J connectivity index is 1.72. The molecule has 0 fully saturated rings. The first-order valence-electron chi connectivity index (χ1n) is 9.71. The molecule has 1 N–H and O–H groups in total. The molecule has 1 aliphatic carbocycles. The molecular formula is C22H26N2O2S. The molecule has 2 aromatic rings. The Labute approximate surface area is 165 Å². The van der Waals surface area contributed by atoms with Crippen LogP contribution in [0.15, 0.2) is 24.3 Å². The van der Waals surface area contributed by atoms with E-state index in [1.165, 1.54) is 4.88 Å². The van der Waals surface area contributed by atoms with Gasteiger partial charge in [-0.3, -0.25) is 4.79 Å². The quantitative estimate of drug-likeness (QED) is 0.637. The number of nitriles is 1. The lowest BCUT2D eigenvalue weighted by molar-refractivity contribution is 0.102. The van der Waals surface area contributed by atoms with E-state index >= 15 is 0 Å². The fourth-order valence-electron chi connectivity index (χ4n) is 3.40. The third-order valence-corrected chi connectivity index (χ3v) is 6.13. The normalized spacial score (nSPS) is 15.7. The average Bonchev–Trinajstić information content (AvgIpc) is 3.01. The molecule has 4 nitrogen and oxygen atoms in total. The summed E-state index contributed by atoms with van der Waals surface area (Å²) in [6.45, 7) is 5.05. The minimum Gasteiger partial charge on any atom is -0.494 e. The van der Waals surface area contributed by atoms with Crippen LogP contribution in [0.2, 0.25) is 0 Å². The molecule has 0 saturated heterocycles. The van der Waals surface area contributed by atoms with Crippen LogP contribution in [0.4, 0.5) is 5.00 Å². The molecule has 3 rings (SSSR count). The van der Waals surface area contributed by atoms with Crippen molar-refractivity contribution < 1.29 is 9.53 Å². The van der Waals surface area contributed by atoms with E-state index in [2.05, 4.69) is 25.2 Å². The van der Waals surface area contributed by atoms with E-state index in [0.29, 0.717) is 34.4 Å². The van der Waals surface area contributed by atoms with Crippen LogP contribution in [0, 0.1) is 17.2 Å². The molecule has 0 bridgehead atoms. The van der Waals surface area contributed by atoms with Crippen molar-refractivity contribution in [1.29, 1.82) is 5.26 Å². The first kappa shape index (κ1) is 19.4. The highest BCUT2D eigenvalue weighted by molar-refractivity contribution is 7.16. The molecule has 0 spiro atoms. The van der Waals surface area contributed by atoms with Crippen LogP contribution in [-0.4, -0.2) is 12.5 Å². The minimum atomic E-state index is -0.197. The number of ether oxygens (including phenoxy) is 1. The summed E-state index contributed by atoms with van der Waals surface area (Å²) in [6.07, 6.45) is 6.31. The maximum atomic E-state index is 12.7. The lowest BCUT2D eigenvalue weighted by atomic mass is 9.88. The number of hydrogen-bond donors (Lipinski definition) is 1. The zero-order chi connectivity index (χ0) is 19.2. The Morgan fingerprint density at radius 2 is 2.26 bits per heavy atom. The monoisotopic (exact) mass is 382 g/mol. The Morgan fingerprint density at radius 3 is 3.04 bits per heavy atom. The van der Waals surface area contributed by atoms with Gasteiger partial charge >= 0.3 is 0 Å². The van der Waals surface area contributed by atoms with Crippen molar-refractivity contribution in [1.82, 2.24) is 0 Å². The van der Waals surface area contributed by atoms with E-state index in [-0.39, 0.29) is 5.91 Å². The topological polar surface area (TPSA) is 62.1 Å². The predicted octanol–water partition coefficient (Wildman–Crippen LogP) is 5.57. The number of nitrogens with zero attached hydrogens (tertiary/aromatic N) is 1. The zero-order valence-corrected chi connectivity index (χ0v) is 16.8. The SMILES string of the molecule is CCCCCOc1cccc(C(=O)Nc2sc3c(c2C#N)CC[C@@H](C)C3)c1. The summed E-state index contributed by atoms with van der Waals surface area (Å²) in [5, 5.41) is 13.2. The second-order valence-electron chi connectivity index (χ2n) is 7.21. The number of hydrogen-bond acceptors (Lipinski definition) is 4. The molecule has 1 aromatic heterocycles. The second kappa shape index (κ2) is 9.05. The molecule has 1 atom stereocenters. The summed E-state index contributed by atoms with van der Waals surface area (Å²) in [6, 6.07) is 9.54. The molecule has 27 heavy (non-hydrogen) atoms. The second-order valence-corrected chi connectivity index (χ2v) is 8.31. The van der Waals surface area contributed by atoms with Crippen molar-refractivity contribution in [2.24, 2.45) is 5.92 Å². The van der Waals surface area contributed by atoms with E-state index in [9.17, 15) is 10.1 Å². The van der Waals surface area contributed by atoms with Crippen molar-refractivity contribution >= 4 is 22.2 Å². The maximum Gasteiger partial charge on any atom is 0.256 e. The van der Waals surface area contributed by atoms with Crippen molar-refractivity contribution in [3.05, 3.63) is 45.8 Å². The summed E-state index contributed by atoms with van der Waals surface area (Å²) in [5.74, 6) is 1.14. The van der Waals surface area contributed by atoms with Crippen LogP contribution in [0.25, 0.3) is 0 Å². The first-order valence-corrected chi connectivity index (χ1v) is 10.5. The molecule has 1 heterocycles.